The van der Waals surface area contributed by atoms with E-state index in [2.05, 4.69) is 18.7 Å². The van der Waals surface area contributed by atoms with E-state index in [1.807, 2.05) is 0 Å². The second-order valence-electron chi connectivity index (χ2n) is 4.40. The highest BCUT2D eigenvalue weighted by atomic mass is 16.3. The molecule has 13 heavy (non-hydrogen) atoms. The molecule has 1 aliphatic heterocycles. The Bertz CT molecular complexity index is 138. The molecular formula is C11H23NO. The maximum atomic E-state index is 9.31. The molecule has 1 rings (SSSR count). The first-order chi connectivity index (χ1) is 6.22. The second-order valence-corrected chi connectivity index (χ2v) is 4.40. The molecule has 1 heterocycles. The van der Waals surface area contributed by atoms with Crippen LogP contribution in [0.3, 0.4) is 0 Å². The van der Waals surface area contributed by atoms with E-state index >= 15 is 0 Å². The van der Waals surface area contributed by atoms with Gasteiger partial charge in [0.05, 0.1) is 6.10 Å². The van der Waals surface area contributed by atoms with Crippen LogP contribution in [0.25, 0.3) is 0 Å². The summed E-state index contributed by atoms with van der Waals surface area (Å²) in [6.45, 7) is 7.76. The predicted molar refractivity (Wildman–Crippen MR) is 55.8 cm³/mol. The monoisotopic (exact) mass is 185 g/mol. The second kappa shape index (κ2) is 5.61. The number of likely N-dealkylation sites (tertiary alicyclic amines) is 1. The molecule has 0 aromatic carbocycles. The van der Waals surface area contributed by atoms with Crippen LogP contribution >= 0.6 is 0 Å². The molecule has 1 N–H and O–H groups in total. The van der Waals surface area contributed by atoms with E-state index < -0.39 is 0 Å². The molecule has 0 aliphatic carbocycles. The van der Waals surface area contributed by atoms with Gasteiger partial charge in [-0.15, -0.1) is 0 Å². The summed E-state index contributed by atoms with van der Waals surface area (Å²) in [6.07, 6.45) is 4.85. The standard InChI is InChI=1S/C11H23NO/c1-3-10(2)5-4-7-12-8-6-11(13)9-12/h10-11,13H,3-9H2,1-2H3/t10?,11-/m1/s1. The Labute approximate surface area is 81.9 Å². The van der Waals surface area contributed by atoms with Crippen molar-refractivity contribution in [3.8, 4) is 0 Å². The van der Waals surface area contributed by atoms with Crippen LogP contribution < -0.4 is 0 Å². The molecule has 1 unspecified atom stereocenters. The molecule has 0 saturated carbocycles. The fourth-order valence-corrected chi connectivity index (χ4v) is 1.88. The zero-order valence-corrected chi connectivity index (χ0v) is 9.00. The third kappa shape index (κ3) is 4.10. The quantitative estimate of drug-likeness (QED) is 0.707. The summed E-state index contributed by atoms with van der Waals surface area (Å²) < 4.78 is 0. The number of rotatable bonds is 5. The molecule has 2 atom stereocenters. The van der Waals surface area contributed by atoms with E-state index in [4.69, 9.17) is 0 Å². The maximum absolute atomic E-state index is 9.31. The van der Waals surface area contributed by atoms with Crippen LogP contribution in [0.1, 0.15) is 39.5 Å². The van der Waals surface area contributed by atoms with Crippen LogP contribution in [-0.4, -0.2) is 35.7 Å². The van der Waals surface area contributed by atoms with Gasteiger partial charge in [0.1, 0.15) is 0 Å². The Kier molecular flexibility index (Phi) is 4.74. The van der Waals surface area contributed by atoms with Gasteiger partial charge >= 0.3 is 0 Å². The Balaban J connectivity index is 2.00. The largest absolute Gasteiger partial charge is 0.392 e. The fraction of sp³-hybridized carbons (Fsp3) is 1.00. The molecule has 0 radical (unpaired) electrons. The first-order valence-corrected chi connectivity index (χ1v) is 5.62. The van der Waals surface area contributed by atoms with E-state index in [0.717, 1.165) is 25.4 Å². The summed E-state index contributed by atoms with van der Waals surface area (Å²) in [4.78, 5) is 2.38. The number of aliphatic hydroxyl groups is 1. The zero-order chi connectivity index (χ0) is 9.68. The highest BCUT2D eigenvalue weighted by molar-refractivity contribution is 4.74. The molecule has 0 aromatic heterocycles. The third-order valence-electron chi connectivity index (χ3n) is 3.12. The Morgan fingerprint density at radius 3 is 2.85 bits per heavy atom. The summed E-state index contributed by atoms with van der Waals surface area (Å²) in [5.41, 5.74) is 0. The Hall–Kier alpha value is -0.0800. The van der Waals surface area contributed by atoms with Gasteiger partial charge in [0, 0.05) is 13.1 Å². The normalized spacial score (nSPS) is 26.5. The molecule has 2 heteroatoms. The molecule has 0 bridgehead atoms. The van der Waals surface area contributed by atoms with Crippen molar-refractivity contribution in [2.75, 3.05) is 19.6 Å². The highest BCUT2D eigenvalue weighted by Crippen LogP contribution is 2.13. The molecular weight excluding hydrogens is 162 g/mol. The van der Waals surface area contributed by atoms with Gasteiger partial charge < -0.3 is 10.0 Å². The van der Waals surface area contributed by atoms with Gasteiger partial charge in [-0.25, -0.2) is 0 Å². The van der Waals surface area contributed by atoms with E-state index in [-0.39, 0.29) is 6.10 Å². The van der Waals surface area contributed by atoms with Gasteiger partial charge in [0.25, 0.3) is 0 Å². The fourth-order valence-electron chi connectivity index (χ4n) is 1.88. The van der Waals surface area contributed by atoms with Crippen molar-refractivity contribution in [2.45, 2.75) is 45.6 Å². The Morgan fingerprint density at radius 2 is 2.31 bits per heavy atom. The molecule has 1 aliphatic rings. The number of aliphatic hydroxyl groups excluding tert-OH is 1. The van der Waals surface area contributed by atoms with Crippen molar-refractivity contribution >= 4 is 0 Å². The number of nitrogens with zero attached hydrogens (tertiary/aromatic N) is 1. The summed E-state index contributed by atoms with van der Waals surface area (Å²) >= 11 is 0. The van der Waals surface area contributed by atoms with Gasteiger partial charge in [-0.05, 0) is 31.7 Å². The summed E-state index contributed by atoms with van der Waals surface area (Å²) in [7, 11) is 0. The summed E-state index contributed by atoms with van der Waals surface area (Å²) in [5.74, 6) is 0.868. The van der Waals surface area contributed by atoms with E-state index in [1.165, 1.54) is 25.8 Å². The smallest absolute Gasteiger partial charge is 0.0679 e. The number of β-amino-alcohol motifs (C(OH)–C–C–N with tert-alkyl or cyclic N) is 1. The van der Waals surface area contributed by atoms with Gasteiger partial charge in [0.15, 0.2) is 0 Å². The topological polar surface area (TPSA) is 23.5 Å². The molecule has 0 spiro atoms. The lowest BCUT2D eigenvalue weighted by Gasteiger charge is -2.15. The first kappa shape index (κ1) is 11.0. The molecule has 0 aromatic rings. The average molecular weight is 185 g/mol. The van der Waals surface area contributed by atoms with E-state index in [1.54, 1.807) is 0 Å². The van der Waals surface area contributed by atoms with Gasteiger partial charge in [0.2, 0.25) is 0 Å². The molecule has 78 valence electrons. The van der Waals surface area contributed by atoms with Crippen molar-refractivity contribution in [2.24, 2.45) is 5.92 Å². The zero-order valence-electron chi connectivity index (χ0n) is 9.00. The van der Waals surface area contributed by atoms with Crippen LogP contribution in [0.2, 0.25) is 0 Å². The van der Waals surface area contributed by atoms with Crippen LogP contribution in [0.5, 0.6) is 0 Å². The molecule has 2 nitrogen and oxygen atoms in total. The van der Waals surface area contributed by atoms with Gasteiger partial charge in [-0.1, -0.05) is 20.3 Å². The van der Waals surface area contributed by atoms with Gasteiger partial charge in [-0.2, -0.15) is 0 Å². The minimum atomic E-state index is -0.0522. The van der Waals surface area contributed by atoms with Crippen LogP contribution in [0.15, 0.2) is 0 Å². The van der Waals surface area contributed by atoms with Crippen LogP contribution in [0.4, 0.5) is 0 Å². The van der Waals surface area contributed by atoms with Crippen molar-refractivity contribution < 1.29 is 5.11 Å². The van der Waals surface area contributed by atoms with Crippen LogP contribution in [0, 0.1) is 5.92 Å². The molecule has 0 amide bonds. The average Bonchev–Trinajstić information content (AvgIpc) is 2.51. The predicted octanol–water partition coefficient (Wildman–Crippen LogP) is 1.88. The first-order valence-electron chi connectivity index (χ1n) is 5.62. The minimum Gasteiger partial charge on any atom is -0.392 e. The summed E-state index contributed by atoms with van der Waals surface area (Å²) in [6, 6.07) is 0. The Morgan fingerprint density at radius 1 is 1.54 bits per heavy atom. The number of hydrogen-bond acceptors (Lipinski definition) is 2. The van der Waals surface area contributed by atoms with Gasteiger partial charge in [-0.3, -0.25) is 0 Å². The maximum Gasteiger partial charge on any atom is 0.0679 e. The lowest BCUT2D eigenvalue weighted by molar-refractivity contribution is 0.175. The summed E-state index contributed by atoms with van der Waals surface area (Å²) in [5, 5.41) is 9.31. The van der Waals surface area contributed by atoms with Crippen molar-refractivity contribution in [3.05, 3.63) is 0 Å². The third-order valence-corrected chi connectivity index (χ3v) is 3.12. The lowest BCUT2D eigenvalue weighted by Crippen LogP contribution is -2.23. The SMILES string of the molecule is CCC(C)CCCN1CC[C@@H](O)C1. The van der Waals surface area contributed by atoms with Crippen molar-refractivity contribution in [3.63, 3.8) is 0 Å². The van der Waals surface area contributed by atoms with Crippen LogP contribution in [-0.2, 0) is 0 Å². The highest BCUT2D eigenvalue weighted by Gasteiger charge is 2.19. The van der Waals surface area contributed by atoms with Crippen molar-refractivity contribution in [1.29, 1.82) is 0 Å². The minimum absolute atomic E-state index is 0.0522. The number of hydrogen-bond donors (Lipinski definition) is 1. The molecule has 1 fully saturated rings. The van der Waals surface area contributed by atoms with E-state index in [0.29, 0.717) is 0 Å². The van der Waals surface area contributed by atoms with E-state index in [9.17, 15) is 5.11 Å². The lowest BCUT2D eigenvalue weighted by atomic mass is 10.0. The van der Waals surface area contributed by atoms with Crippen molar-refractivity contribution in [1.82, 2.24) is 4.90 Å². The molecule has 1 saturated heterocycles.